The maximum atomic E-state index is 11.5. The normalized spacial score (nSPS) is 15.9. The van der Waals surface area contributed by atoms with Crippen LogP contribution in [-0.4, -0.2) is 19.6 Å². The molecule has 0 spiro atoms. The van der Waals surface area contributed by atoms with Crippen LogP contribution in [0.3, 0.4) is 0 Å². The highest BCUT2D eigenvalue weighted by Crippen LogP contribution is 2.44. The lowest BCUT2D eigenvalue weighted by Crippen LogP contribution is -2.09. The predicted molar refractivity (Wildman–Crippen MR) is 79.1 cm³/mol. The Morgan fingerprint density at radius 1 is 1.50 bits per heavy atom. The van der Waals surface area contributed by atoms with E-state index in [0.29, 0.717) is 0 Å². The van der Waals surface area contributed by atoms with Gasteiger partial charge in [-0.1, -0.05) is 23.9 Å². The van der Waals surface area contributed by atoms with Crippen LogP contribution in [-0.2, 0) is 9.53 Å². The number of ether oxygens (including phenoxy) is 1. The van der Waals surface area contributed by atoms with Gasteiger partial charge in [-0.15, -0.1) is 0 Å². The van der Waals surface area contributed by atoms with Gasteiger partial charge in [0.25, 0.3) is 0 Å². The Bertz CT molecular complexity index is 629. The molecule has 2 rings (SSSR count). The summed E-state index contributed by atoms with van der Waals surface area (Å²) in [5.41, 5.74) is 1.12. The molecule has 0 saturated carbocycles. The molecule has 1 aromatic carbocycles. The molecule has 102 valence electrons. The lowest BCUT2D eigenvalue weighted by molar-refractivity contribution is -0.138. The Balaban J connectivity index is 2.22. The quantitative estimate of drug-likeness (QED) is 0.485. The Morgan fingerprint density at radius 2 is 2.25 bits per heavy atom. The Kier molecular flexibility index (Phi) is 4.49. The number of esters is 1. The highest BCUT2D eigenvalue weighted by atomic mass is 32.2. The van der Waals surface area contributed by atoms with Crippen molar-refractivity contribution in [1.82, 2.24) is 0 Å². The van der Waals surface area contributed by atoms with Gasteiger partial charge in [-0.25, -0.2) is 4.79 Å². The number of allylic oxidation sites excluding steroid dienone is 2. The van der Waals surface area contributed by atoms with Gasteiger partial charge in [-0.3, -0.25) is 0 Å². The molecule has 1 aliphatic rings. The van der Waals surface area contributed by atoms with Gasteiger partial charge in [-0.05, 0) is 31.2 Å². The van der Waals surface area contributed by atoms with E-state index in [0.717, 1.165) is 15.6 Å². The van der Waals surface area contributed by atoms with Crippen molar-refractivity contribution in [1.29, 1.82) is 5.26 Å². The molecule has 0 N–H and O–H groups in total. The molecule has 0 amide bonds. The summed E-state index contributed by atoms with van der Waals surface area (Å²) in [4.78, 5) is 14.7. The zero-order valence-corrected chi connectivity index (χ0v) is 12.1. The van der Waals surface area contributed by atoms with Gasteiger partial charge >= 0.3 is 5.97 Å². The summed E-state index contributed by atoms with van der Waals surface area (Å²) in [6, 6.07) is 9.90. The molecule has 1 aromatic rings. The first-order valence-electron chi connectivity index (χ1n) is 6.17. The van der Waals surface area contributed by atoms with Gasteiger partial charge in [0.15, 0.2) is 0 Å². The van der Waals surface area contributed by atoms with Gasteiger partial charge in [-0.2, -0.15) is 5.26 Å². The van der Waals surface area contributed by atoms with E-state index in [-0.39, 0.29) is 12.2 Å². The number of carbonyl (C=O) groups is 1. The molecule has 0 aliphatic carbocycles. The lowest BCUT2D eigenvalue weighted by Gasteiger charge is -2.12. The monoisotopic (exact) mass is 286 g/mol. The zero-order valence-electron chi connectivity index (χ0n) is 11.3. The molecule has 5 heteroatoms. The van der Waals surface area contributed by atoms with Gasteiger partial charge in [0, 0.05) is 11.9 Å². The number of nitriles is 1. The summed E-state index contributed by atoms with van der Waals surface area (Å²) in [5.74, 6) is -0.588. The number of anilines is 1. The highest BCUT2D eigenvalue weighted by Gasteiger charge is 2.20. The molecule has 0 aromatic heterocycles. The summed E-state index contributed by atoms with van der Waals surface area (Å²) in [7, 11) is 1.95. The number of thioether (sulfide) groups is 1. The minimum Gasteiger partial charge on any atom is -0.462 e. The number of carbonyl (C=O) groups excluding carboxylic acids is 1. The van der Waals surface area contributed by atoms with E-state index in [2.05, 4.69) is 0 Å². The van der Waals surface area contributed by atoms with Crippen molar-refractivity contribution < 1.29 is 9.53 Å². The smallest absolute Gasteiger partial charge is 0.348 e. The fraction of sp³-hybridized carbons (Fsp3) is 0.200. The number of hydrogen-bond acceptors (Lipinski definition) is 5. The van der Waals surface area contributed by atoms with Crippen molar-refractivity contribution in [3.05, 3.63) is 47.0 Å². The number of rotatable bonds is 3. The van der Waals surface area contributed by atoms with E-state index in [1.165, 1.54) is 6.08 Å². The maximum absolute atomic E-state index is 11.5. The van der Waals surface area contributed by atoms with Gasteiger partial charge in [0.1, 0.15) is 11.6 Å². The van der Waals surface area contributed by atoms with Gasteiger partial charge < -0.3 is 9.64 Å². The first kappa shape index (κ1) is 14.2. The summed E-state index contributed by atoms with van der Waals surface area (Å²) >= 11 is 1.60. The highest BCUT2D eigenvalue weighted by molar-refractivity contribution is 8.03. The van der Waals surface area contributed by atoms with E-state index < -0.39 is 5.97 Å². The van der Waals surface area contributed by atoms with E-state index in [9.17, 15) is 4.79 Å². The molecule has 20 heavy (non-hydrogen) atoms. The van der Waals surface area contributed by atoms with Crippen LogP contribution >= 0.6 is 11.8 Å². The molecule has 0 radical (unpaired) electrons. The second-order valence-corrected chi connectivity index (χ2v) is 5.11. The number of nitrogens with zero attached hydrogens (tertiary/aromatic N) is 2. The minimum atomic E-state index is -0.588. The second-order valence-electron chi connectivity index (χ2n) is 4.05. The molecule has 0 fully saturated rings. The fourth-order valence-corrected chi connectivity index (χ4v) is 2.83. The second kappa shape index (κ2) is 6.31. The lowest BCUT2D eigenvalue weighted by atomic mass is 10.2. The molecular weight excluding hydrogens is 272 g/mol. The topological polar surface area (TPSA) is 53.3 Å². The van der Waals surface area contributed by atoms with Crippen LogP contribution in [0.2, 0.25) is 0 Å². The summed E-state index contributed by atoms with van der Waals surface area (Å²) in [6.07, 6.45) is 3.27. The summed E-state index contributed by atoms with van der Waals surface area (Å²) in [6.45, 7) is 1.97. The predicted octanol–water partition coefficient (Wildman–Crippen LogP) is 3.08. The molecule has 1 aliphatic heterocycles. The molecule has 4 nitrogen and oxygen atoms in total. The van der Waals surface area contributed by atoms with E-state index in [1.54, 1.807) is 24.8 Å². The van der Waals surface area contributed by atoms with E-state index >= 15 is 0 Å². The third kappa shape index (κ3) is 2.86. The van der Waals surface area contributed by atoms with Crippen LogP contribution in [0.25, 0.3) is 0 Å². The third-order valence-electron chi connectivity index (χ3n) is 2.78. The van der Waals surface area contributed by atoms with Crippen LogP contribution in [0.15, 0.2) is 51.9 Å². The van der Waals surface area contributed by atoms with Gasteiger partial charge in [0.2, 0.25) is 0 Å². The van der Waals surface area contributed by atoms with Crippen LogP contribution < -0.4 is 4.90 Å². The first-order valence-corrected chi connectivity index (χ1v) is 6.98. The zero-order chi connectivity index (χ0) is 14.5. The van der Waals surface area contributed by atoms with Gasteiger partial charge in [0.05, 0.1) is 17.3 Å². The molecule has 0 bridgehead atoms. The van der Waals surface area contributed by atoms with Crippen LogP contribution in [0.5, 0.6) is 0 Å². The van der Waals surface area contributed by atoms with Crippen molar-refractivity contribution in [2.75, 3.05) is 18.6 Å². The summed E-state index contributed by atoms with van der Waals surface area (Å²) < 4.78 is 4.82. The first-order chi connectivity index (χ1) is 9.67. The Labute approximate surface area is 122 Å². The average molecular weight is 286 g/mol. The average Bonchev–Trinajstić information content (AvgIpc) is 2.77. The molecule has 1 heterocycles. The fourth-order valence-electron chi connectivity index (χ4n) is 1.78. The van der Waals surface area contributed by atoms with Crippen molar-refractivity contribution in [3.8, 4) is 6.07 Å². The maximum Gasteiger partial charge on any atom is 0.348 e. The number of fused-ring (bicyclic) bond motifs is 1. The van der Waals surface area contributed by atoms with Crippen LogP contribution in [0.1, 0.15) is 6.92 Å². The van der Waals surface area contributed by atoms with Crippen LogP contribution in [0, 0.1) is 11.3 Å². The van der Waals surface area contributed by atoms with Crippen LogP contribution in [0.4, 0.5) is 5.69 Å². The van der Waals surface area contributed by atoms with E-state index in [1.807, 2.05) is 42.3 Å². The molecule has 0 unspecified atom stereocenters. The molecule has 0 saturated heterocycles. The van der Waals surface area contributed by atoms with Crippen molar-refractivity contribution >= 4 is 23.4 Å². The number of hydrogen-bond donors (Lipinski definition) is 0. The van der Waals surface area contributed by atoms with E-state index in [4.69, 9.17) is 10.00 Å². The third-order valence-corrected chi connectivity index (χ3v) is 3.96. The molecule has 0 atom stereocenters. The number of benzene rings is 1. The Hall–Kier alpha value is -2.19. The van der Waals surface area contributed by atoms with Crippen molar-refractivity contribution in [2.24, 2.45) is 0 Å². The van der Waals surface area contributed by atoms with Crippen molar-refractivity contribution in [2.45, 2.75) is 11.8 Å². The SMILES string of the molecule is CCOC(=O)/C(C#N)=C/C=C1\Sc2ccccc2N1C. The molecular formula is C15H14N2O2S. The largest absolute Gasteiger partial charge is 0.462 e. The minimum absolute atomic E-state index is 0.00399. The standard InChI is InChI=1S/C15H14N2O2S/c1-3-19-15(18)11(10-16)8-9-14-17(2)12-6-4-5-7-13(12)20-14/h4-9H,3H2,1-2H3/b11-8+,14-9-. The Morgan fingerprint density at radius 3 is 2.90 bits per heavy atom. The summed E-state index contributed by atoms with van der Waals surface area (Å²) in [5, 5.41) is 9.93. The number of para-hydroxylation sites is 1. The van der Waals surface area contributed by atoms with Crippen molar-refractivity contribution in [3.63, 3.8) is 0 Å².